The van der Waals surface area contributed by atoms with Crippen LogP contribution in [0.25, 0.3) is 0 Å². The third-order valence-corrected chi connectivity index (χ3v) is 2.98. The van der Waals surface area contributed by atoms with Gasteiger partial charge in [-0.1, -0.05) is 6.07 Å². The van der Waals surface area contributed by atoms with Gasteiger partial charge in [0.15, 0.2) is 0 Å². The molecule has 0 radical (unpaired) electrons. The number of benzene rings is 1. The minimum Gasteiger partial charge on any atom is -0.492 e. The molecule has 1 amide bonds. The zero-order valence-electron chi connectivity index (χ0n) is 10.4. The van der Waals surface area contributed by atoms with Gasteiger partial charge in [-0.05, 0) is 18.1 Å². The second kappa shape index (κ2) is 5.71. The van der Waals surface area contributed by atoms with Gasteiger partial charge in [0.2, 0.25) is 5.91 Å². The number of fused-ring (bicyclic) bond motifs is 1. The van der Waals surface area contributed by atoms with Gasteiger partial charge >= 0.3 is 5.97 Å². The van der Waals surface area contributed by atoms with Crippen molar-refractivity contribution in [3.8, 4) is 5.75 Å². The lowest BCUT2D eigenvalue weighted by Gasteiger charge is -2.24. The summed E-state index contributed by atoms with van der Waals surface area (Å²) in [6, 6.07) is 5.37. The lowest BCUT2D eigenvalue weighted by atomic mass is 9.91. The van der Waals surface area contributed by atoms with Crippen molar-refractivity contribution in [1.29, 1.82) is 0 Å². The minimum absolute atomic E-state index is 0.156. The van der Waals surface area contributed by atoms with Gasteiger partial charge in [0.1, 0.15) is 12.4 Å². The van der Waals surface area contributed by atoms with E-state index in [1.807, 2.05) is 6.07 Å². The van der Waals surface area contributed by atoms with Crippen molar-refractivity contribution in [2.75, 3.05) is 18.5 Å². The Kier molecular flexibility index (Phi) is 4.01. The molecule has 2 rings (SSSR count). The molecule has 1 aliphatic rings. The van der Waals surface area contributed by atoms with Crippen molar-refractivity contribution in [1.82, 2.24) is 0 Å². The van der Waals surface area contributed by atoms with Crippen LogP contribution in [0.1, 0.15) is 12.0 Å². The fraction of sp³-hybridized carbons (Fsp3) is 0.385. The summed E-state index contributed by atoms with van der Waals surface area (Å²) >= 11 is 0. The van der Waals surface area contributed by atoms with Gasteiger partial charge in [0.05, 0.1) is 12.3 Å². The summed E-state index contributed by atoms with van der Waals surface area (Å²) in [5, 5.41) is 11.5. The lowest BCUT2D eigenvalue weighted by Crippen LogP contribution is -2.31. The predicted molar refractivity (Wildman–Crippen MR) is 69.1 cm³/mol. The Balaban J connectivity index is 2.13. The average molecular weight is 264 g/mol. The molecule has 0 bridgehead atoms. The number of hydrogen-bond acceptors (Lipinski definition) is 4. The Bertz CT molecular complexity index is 501. The molecule has 1 aromatic rings. The van der Waals surface area contributed by atoms with Gasteiger partial charge in [-0.3, -0.25) is 9.59 Å². The van der Waals surface area contributed by atoms with Crippen molar-refractivity contribution in [2.24, 2.45) is 11.7 Å². The first kappa shape index (κ1) is 13.4. The third kappa shape index (κ3) is 3.23. The van der Waals surface area contributed by atoms with Gasteiger partial charge < -0.3 is 20.9 Å². The van der Waals surface area contributed by atoms with E-state index in [0.717, 1.165) is 5.56 Å². The summed E-state index contributed by atoms with van der Waals surface area (Å²) in [4.78, 5) is 22.5. The van der Waals surface area contributed by atoms with E-state index in [9.17, 15) is 9.59 Å². The molecular weight excluding hydrogens is 248 g/mol. The standard InChI is InChI=1S/C13H16N2O4/c14-3-4-19-10-2-1-8-5-9(6-12(16)17)13(18)15-11(8)7-10/h1-2,7,9H,3-6,14H2,(H,15,18)(H,16,17). The van der Waals surface area contributed by atoms with E-state index in [4.69, 9.17) is 15.6 Å². The fourth-order valence-electron chi connectivity index (χ4n) is 2.09. The van der Waals surface area contributed by atoms with Crippen LogP contribution in [-0.2, 0) is 16.0 Å². The number of carbonyl (C=O) groups is 2. The summed E-state index contributed by atoms with van der Waals surface area (Å²) < 4.78 is 5.38. The van der Waals surface area contributed by atoms with Crippen LogP contribution >= 0.6 is 0 Å². The second-order valence-corrected chi connectivity index (χ2v) is 4.44. The van der Waals surface area contributed by atoms with E-state index in [-0.39, 0.29) is 12.3 Å². The molecule has 6 nitrogen and oxygen atoms in total. The summed E-state index contributed by atoms with van der Waals surface area (Å²) in [6.45, 7) is 0.832. The number of ether oxygens (including phenoxy) is 1. The molecule has 6 heteroatoms. The number of carboxylic acids is 1. The predicted octanol–water partition coefficient (Wildman–Crippen LogP) is 0.610. The number of nitrogens with one attached hydrogen (secondary N) is 1. The van der Waals surface area contributed by atoms with Gasteiger partial charge in [-0.25, -0.2) is 0 Å². The van der Waals surface area contributed by atoms with Crippen molar-refractivity contribution in [3.05, 3.63) is 23.8 Å². The van der Waals surface area contributed by atoms with Gasteiger partial charge in [-0.15, -0.1) is 0 Å². The molecule has 19 heavy (non-hydrogen) atoms. The molecule has 0 fully saturated rings. The Hall–Kier alpha value is -2.08. The highest BCUT2D eigenvalue weighted by molar-refractivity contribution is 5.97. The summed E-state index contributed by atoms with van der Waals surface area (Å²) in [7, 11) is 0. The number of amides is 1. The average Bonchev–Trinajstić information content (AvgIpc) is 2.36. The molecule has 0 spiro atoms. The molecule has 1 aliphatic heterocycles. The zero-order chi connectivity index (χ0) is 13.8. The second-order valence-electron chi connectivity index (χ2n) is 4.44. The number of carboxylic acid groups (broad SMARTS) is 1. The molecule has 0 aromatic heterocycles. The number of hydrogen-bond donors (Lipinski definition) is 3. The Labute approximate surface area is 110 Å². The molecule has 0 aliphatic carbocycles. The molecule has 1 atom stereocenters. The number of nitrogens with two attached hydrogens (primary N) is 1. The van der Waals surface area contributed by atoms with Crippen molar-refractivity contribution < 1.29 is 19.4 Å². The van der Waals surface area contributed by atoms with E-state index in [2.05, 4.69) is 5.32 Å². The molecule has 0 saturated carbocycles. The largest absolute Gasteiger partial charge is 0.492 e. The monoisotopic (exact) mass is 264 g/mol. The summed E-state index contributed by atoms with van der Waals surface area (Å²) in [6.07, 6.45) is 0.279. The maximum absolute atomic E-state index is 11.8. The van der Waals surface area contributed by atoms with E-state index >= 15 is 0 Å². The van der Waals surface area contributed by atoms with Crippen LogP contribution in [-0.4, -0.2) is 30.1 Å². The maximum atomic E-state index is 11.8. The van der Waals surface area contributed by atoms with Crippen molar-refractivity contribution in [3.63, 3.8) is 0 Å². The first-order valence-electron chi connectivity index (χ1n) is 6.08. The van der Waals surface area contributed by atoms with Crippen LogP contribution in [0.3, 0.4) is 0 Å². The smallest absolute Gasteiger partial charge is 0.304 e. The highest BCUT2D eigenvalue weighted by Gasteiger charge is 2.28. The van der Waals surface area contributed by atoms with E-state index in [1.165, 1.54) is 0 Å². The third-order valence-electron chi connectivity index (χ3n) is 2.98. The van der Waals surface area contributed by atoms with Crippen LogP contribution in [0.4, 0.5) is 5.69 Å². The van der Waals surface area contributed by atoms with E-state index < -0.39 is 11.9 Å². The van der Waals surface area contributed by atoms with Crippen LogP contribution in [0.2, 0.25) is 0 Å². The van der Waals surface area contributed by atoms with E-state index in [1.54, 1.807) is 12.1 Å². The van der Waals surface area contributed by atoms with Gasteiger partial charge in [0, 0.05) is 18.3 Å². The number of aliphatic carboxylic acids is 1. The first-order chi connectivity index (χ1) is 9.10. The molecule has 1 aromatic carbocycles. The Morgan fingerprint density at radius 3 is 3.00 bits per heavy atom. The zero-order valence-corrected chi connectivity index (χ0v) is 10.4. The normalized spacial score (nSPS) is 17.5. The molecule has 1 unspecified atom stereocenters. The van der Waals surface area contributed by atoms with Crippen LogP contribution in [0, 0.1) is 5.92 Å². The molecule has 4 N–H and O–H groups in total. The van der Waals surface area contributed by atoms with E-state index in [0.29, 0.717) is 31.0 Å². The highest BCUT2D eigenvalue weighted by Crippen LogP contribution is 2.30. The summed E-state index contributed by atoms with van der Waals surface area (Å²) in [5.41, 5.74) is 6.95. The fourth-order valence-corrected chi connectivity index (χ4v) is 2.09. The highest BCUT2D eigenvalue weighted by atomic mass is 16.5. The number of rotatable bonds is 5. The molecule has 1 heterocycles. The molecular formula is C13H16N2O4. The first-order valence-corrected chi connectivity index (χ1v) is 6.08. The van der Waals surface area contributed by atoms with Crippen LogP contribution < -0.4 is 15.8 Å². The quantitative estimate of drug-likeness (QED) is 0.723. The SMILES string of the molecule is NCCOc1ccc2c(c1)NC(=O)C(CC(=O)O)C2. The van der Waals surface area contributed by atoms with Crippen LogP contribution in [0.15, 0.2) is 18.2 Å². The van der Waals surface area contributed by atoms with Crippen molar-refractivity contribution in [2.45, 2.75) is 12.8 Å². The topological polar surface area (TPSA) is 102 Å². The Morgan fingerprint density at radius 1 is 1.53 bits per heavy atom. The van der Waals surface area contributed by atoms with Crippen molar-refractivity contribution >= 4 is 17.6 Å². The minimum atomic E-state index is -0.966. The van der Waals surface area contributed by atoms with Gasteiger partial charge in [0.25, 0.3) is 0 Å². The Morgan fingerprint density at radius 2 is 2.32 bits per heavy atom. The number of carbonyl (C=O) groups excluding carboxylic acids is 1. The maximum Gasteiger partial charge on any atom is 0.304 e. The molecule has 0 saturated heterocycles. The summed E-state index contributed by atoms with van der Waals surface area (Å²) in [5.74, 6) is -1.10. The number of anilines is 1. The van der Waals surface area contributed by atoms with Gasteiger partial charge in [-0.2, -0.15) is 0 Å². The lowest BCUT2D eigenvalue weighted by molar-refractivity contribution is -0.140. The molecule has 102 valence electrons. The van der Waals surface area contributed by atoms with Crippen LogP contribution in [0.5, 0.6) is 5.75 Å².